The molecule has 0 atom stereocenters. The van der Waals surface area contributed by atoms with E-state index in [1.165, 1.54) is 12.8 Å². The number of nitrogens with one attached hydrogen (secondary N) is 2. The van der Waals surface area contributed by atoms with Gasteiger partial charge in [0.2, 0.25) is 5.95 Å². The zero-order valence-corrected chi connectivity index (χ0v) is 15.4. The maximum absolute atomic E-state index is 5.10. The molecule has 7 heteroatoms. The van der Waals surface area contributed by atoms with Gasteiger partial charge in [-0.3, -0.25) is 0 Å². The zero-order chi connectivity index (χ0) is 17.8. The third-order valence-electron chi connectivity index (χ3n) is 4.12. The van der Waals surface area contributed by atoms with Crippen LogP contribution in [-0.2, 0) is 4.74 Å². The third kappa shape index (κ3) is 4.00. The SMILES string of the molecule is COCCNc1nc(C2CC2)c(-c2ccnc(Nc3ccccc3)n2)s1. The van der Waals surface area contributed by atoms with Crippen LogP contribution in [0.3, 0.4) is 0 Å². The minimum Gasteiger partial charge on any atom is -0.383 e. The maximum atomic E-state index is 5.10. The van der Waals surface area contributed by atoms with E-state index in [0.29, 0.717) is 18.5 Å². The highest BCUT2D eigenvalue weighted by Gasteiger charge is 2.30. The van der Waals surface area contributed by atoms with Crippen molar-refractivity contribution in [2.75, 3.05) is 30.9 Å². The van der Waals surface area contributed by atoms with E-state index >= 15 is 0 Å². The van der Waals surface area contributed by atoms with E-state index in [9.17, 15) is 0 Å². The van der Waals surface area contributed by atoms with Crippen LogP contribution in [0.4, 0.5) is 16.8 Å². The predicted molar refractivity (Wildman–Crippen MR) is 105 cm³/mol. The molecule has 1 aliphatic rings. The molecule has 0 radical (unpaired) electrons. The zero-order valence-electron chi connectivity index (χ0n) is 14.6. The Bertz CT molecular complexity index is 863. The fourth-order valence-corrected chi connectivity index (χ4v) is 3.73. The molecule has 0 spiro atoms. The van der Waals surface area contributed by atoms with E-state index in [-0.39, 0.29) is 0 Å². The topological polar surface area (TPSA) is 72.0 Å². The lowest BCUT2D eigenvalue weighted by Crippen LogP contribution is -2.07. The van der Waals surface area contributed by atoms with Crippen LogP contribution in [0.2, 0.25) is 0 Å². The second-order valence-electron chi connectivity index (χ2n) is 6.18. The molecule has 2 N–H and O–H groups in total. The van der Waals surface area contributed by atoms with Crippen LogP contribution < -0.4 is 10.6 Å². The van der Waals surface area contributed by atoms with Crippen LogP contribution in [0, 0.1) is 0 Å². The van der Waals surface area contributed by atoms with Crippen molar-refractivity contribution in [1.82, 2.24) is 15.0 Å². The van der Waals surface area contributed by atoms with Crippen molar-refractivity contribution in [1.29, 1.82) is 0 Å². The number of thiazole rings is 1. The summed E-state index contributed by atoms with van der Waals surface area (Å²) in [4.78, 5) is 15.0. The van der Waals surface area contributed by atoms with E-state index < -0.39 is 0 Å². The summed E-state index contributed by atoms with van der Waals surface area (Å²) < 4.78 is 5.10. The van der Waals surface area contributed by atoms with Gasteiger partial charge in [-0.2, -0.15) is 0 Å². The van der Waals surface area contributed by atoms with Crippen molar-refractivity contribution in [3.05, 3.63) is 48.3 Å². The fraction of sp³-hybridized carbons (Fsp3) is 0.316. The van der Waals surface area contributed by atoms with Crippen molar-refractivity contribution >= 4 is 28.1 Å². The average molecular weight is 367 g/mol. The number of ether oxygens (including phenoxy) is 1. The number of hydrogen-bond donors (Lipinski definition) is 2. The Morgan fingerprint density at radius 1 is 1.15 bits per heavy atom. The molecule has 0 amide bonds. The molecule has 0 unspecified atom stereocenters. The second-order valence-corrected chi connectivity index (χ2v) is 7.18. The highest BCUT2D eigenvalue weighted by molar-refractivity contribution is 7.19. The van der Waals surface area contributed by atoms with Gasteiger partial charge in [0.15, 0.2) is 5.13 Å². The summed E-state index contributed by atoms with van der Waals surface area (Å²) in [5.74, 6) is 1.15. The van der Waals surface area contributed by atoms with Gasteiger partial charge < -0.3 is 15.4 Å². The summed E-state index contributed by atoms with van der Waals surface area (Å²) in [6, 6.07) is 11.9. The molecule has 1 aliphatic carbocycles. The minimum atomic E-state index is 0.555. The predicted octanol–water partition coefficient (Wildman–Crippen LogP) is 4.28. The van der Waals surface area contributed by atoms with E-state index in [1.807, 2.05) is 36.4 Å². The van der Waals surface area contributed by atoms with Gasteiger partial charge >= 0.3 is 0 Å². The first-order valence-corrected chi connectivity index (χ1v) is 9.54. The molecule has 4 rings (SSSR count). The number of para-hydroxylation sites is 1. The number of benzene rings is 1. The van der Waals surface area contributed by atoms with E-state index in [2.05, 4.69) is 15.6 Å². The summed E-state index contributed by atoms with van der Waals surface area (Å²) in [5, 5.41) is 7.52. The highest BCUT2D eigenvalue weighted by Crippen LogP contribution is 2.46. The van der Waals surface area contributed by atoms with Crippen LogP contribution in [-0.4, -0.2) is 35.2 Å². The summed E-state index contributed by atoms with van der Waals surface area (Å²) in [5.41, 5.74) is 3.04. The van der Waals surface area contributed by atoms with Gasteiger partial charge in [0, 0.05) is 31.5 Å². The molecule has 2 heterocycles. The number of anilines is 3. The first-order valence-electron chi connectivity index (χ1n) is 8.72. The maximum Gasteiger partial charge on any atom is 0.227 e. The van der Waals surface area contributed by atoms with Crippen molar-refractivity contribution in [3.8, 4) is 10.6 Å². The van der Waals surface area contributed by atoms with Gasteiger partial charge in [0.1, 0.15) is 0 Å². The number of rotatable bonds is 8. The van der Waals surface area contributed by atoms with Gasteiger partial charge in [-0.1, -0.05) is 29.5 Å². The molecular weight excluding hydrogens is 346 g/mol. The Morgan fingerprint density at radius 3 is 2.77 bits per heavy atom. The normalized spacial score (nSPS) is 13.6. The van der Waals surface area contributed by atoms with Crippen molar-refractivity contribution in [2.24, 2.45) is 0 Å². The Hall–Kier alpha value is -2.51. The van der Waals surface area contributed by atoms with Gasteiger partial charge in [-0.05, 0) is 31.0 Å². The molecule has 6 nitrogen and oxygen atoms in total. The fourth-order valence-electron chi connectivity index (χ4n) is 2.68. The first kappa shape index (κ1) is 16.9. The summed E-state index contributed by atoms with van der Waals surface area (Å²) in [6.07, 6.45) is 4.20. The monoisotopic (exact) mass is 367 g/mol. The lowest BCUT2D eigenvalue weighted by Gasteiger charge is -2.06. The van der Waals surface area contributed by atoms with Crippen LogP contribution >= 0.6 is 11.3 Å². The van der Waals surface area contributed by atoms with E-state index in [4.69, 9.17) is 14.7 Å². The van der Waals surface area contributed by atoms with Crippen LogP contribution in [0.25, 0.3) is 10.6 Å². The summed E-state index contributed by atoms with van der Waals surface area (Å²) in [7, 11) is 1.70. The Kier molecular flexibility index (Phi) is 5.08. The smallest absolute Gasteiger partial charge is 0.227 e. The number of hydrogen-bond acceptors (Lipinski definition) is 7. The number of methoxy groups -OCH3 is 1. The third-order valence-corrected chi connectivity index (χ3v) is 5.17. The first-order chi connectivity index (χ1) is 12.8. The largest absolute Gasteiger partial charge is 0.383 e. The van der Waals surface area contributed by atoms with Crippen molar-refractivity contribution in [2.45, 2.75) is 18.8 Å². The average Bonchev–Trinajstić information content (AvgIpc) is 3.43. The Balaban J connectivity index is 1.59. The second kappa shape index (κ2) is 7.80. The molecule has 1 saturated carbocycles. The minimum absolute atomic E-state index is 0.555. The molecule has 3 aromatic rings. The molecule has 1 fully saturated rings. The van der Waals surface area contributed by atoms with Crippen molar-refractivity contribution < 1.29 is 4.74 Å². The van der Waals surface area contributed by atoms with Gasteiger partial charge in [-0.25, -0.2) is 15.0 Å². The van der Waals surface area contributed by atoms with E-state index in [0.717, 1.165) is 33.6 Å². The molecule has 134 valence electrons. The van der Waals surface area contributed by atoms with Gasteiger partial charge in [-0.15, -0.1) is 0 Å². The highest BCUT2D eigenvalue weighted by atomic mass is 32.1. The number of aromatic nitrogens is 3. The summed E-state index contributed by atoms with van der Waals surface area (Å²) >= 11 is 1.65. The molecule has 26 heavy (non-hydrogen) atoms. The van der Waals surface area contributed by atoms with Crippen molar-refractivity contribution in [3.63, 3.8) is 0 Å². The molecule has 1 aromatic carbocycles. The number of nitrogens with zero attached hydrogens (tertiary/aromatic N) is 3. The van der Waals surface area contributed by atoms with E-state index in [1.54, 1.807) is 24.6 Å². The van der Waals surface area contributed by atoms with Gasteiger partial charge in [0.05, 0.1) is 22.9 Å². The molecule has 0 aliphatic heterocycles. The lowest BCUT2D eigenvalue weighted by atomic mass is 10.2. The van der Waals surface area contributed by atoms with Crippen LogP contribution in [0.1, 0.15) is 24.5 Å². The van der Waals surface area contributed by atoms with Gasteiger partial charge in [0.25, 0.3) is 0 Å². The lowest BCUT2D eigenvalue weighted by molar-refractivity contribution is 0.211. The van der Waals surface area contributed by atoms with Crippen LogP contribution in [0.5, 0.6) is 0 Å². The molecule has 0 bridgehead atoms. The molecule has 0 saturated heterocycles. The Labute approximate surface area is 156 Å². The summed E-state index contributed by atoms with van der Waals surface area (Å²) in [6.45, 7) is 1.41. The molecular formula is C19H21N5OS. The molecule has 2 aromatic heterocycles. The Morgan fingerprint density at radius 2 is 2.00 bits per heavy atom. The van der Waals surface area contributed by atoms with Crippen LogP contribution in [0.15, 0.2) is 42.6 Å². The standard InChI is InChI=1S/C19H21N5OS/c1-25-12-11-21-19-24-16(13-7-8-13)17(26-19)15-9-10-20-18(23-15)22-14-5-3-2-4-6-14/h2-6,9-10,13H,7-8,11-12H2,1H3,(H,21,24)(H,20,22,23). The quantitative estimate of drug-likeness (QED) is 0.579.